The van der Waals surface area contributed by atoms with E-state index in [4.69, 9.17) is 10.5 Å². The predicted molar refractivity (Wildman–Crippen MR) is 82.0 cm³/mol. The van der Waals surface area contributed by atoms with Gasteiger partial charge < -0.3 is 15.4 Å². The first kappa shape index (κ1) is 13.0. The molecule has 0 aliphatic carbocycles. The van der Waals surface area contributed by atoms with E-state index in [1.165, 1.54) is 16.8 Å². The Balaban J connectivity index is 1.90. The van der Waals surface area contributed by atoms with Gasteiger partial charge in [0, 0.05) is 24.8 Å². The maximum Gasteiger partial charge on any atom is 0.119 e. The van der Waals surface area contributed by atoms with Crippen LogP contribution in [-0.2, 0) is 6.54 Å². The van der Waals surface area contributed by atoms with E-state index < -0.39 is 0 Å². The molecule has 2 aromatic carbocycles. The minimum absolute atomic E-state index is 0.104. The molecule has 20 heavy (non-hydrogen) atoms. The molecule has 3 rings (SSSR count). The Morgan fingerprint density at radius 3 is 2.75 bits per heavy atom. The first-order chi connectivity index (χ1) is 9.78. The number of methoxy groups -OCH3 is 1. The zero-order valence-corrected chi connectivity index (χ0v) is 11.8. The monoisotopic (exact) mass is 268 g/mol. The van der Waals surface area contributed by atoms with Crippen molar-refractivity contribution in [3.63, 3.8) is 0 Å². The molecule has 0 saturated heterocycles. The Morgan fingerprint density at radius 1 is 1.20 bits per heavy atom. The zero-order chi connectivity index (χ0) is 13.9. The van der Waals surface area contributed by atoms with E-state index in [-0.39, 0.29) is 6.04 Å². The van der Waals surface area contributed by atoms with E-state index >= 15 is 0 Å². The van der Waals surface area contributed by atoms with Gasteiger partial charge in [0.05, 0.1) is 7.11 Å². The Hall–Kier alpha value is -2.00. The van der Waals surface area contributed by atoms with Crippen molar-refractivity contribution in [2.45, 2.75) is 19.0 Å². The molecule has 0 radical (unpaired) electrons. The van der Waals surface area contributed by atoms with E-state index in [2.05, 4.69) is 47.4 Å². The average Bonchev–Trinajstić information content (AvgIpc) is 2.51. The number of benzene rings is 2. The molecule has 1 atom stereocenters. The second kappa shape index (κ2) is 5.55. The lowest BCUT2D eigenvalue weighted by atomic mass is 9.96. The van der Waals surface area contributed by atoms with Crippen molar-refractivity contribution in [3.05, 3.63) is 59.7 Å². The summed E-state index contributed by atoms with van der Waals surface area (Å²) in [5, 5.41) is 0. The van der Waals surface area contributed by atoms with Crippen LogP contribution in [0.3, 0.4) is 0 Å². The zero-order valence-electron chi connectivity index (χ0n) is 11.8. The van der Waals surface area contributed by atoms with Crippen molar-refractivity contribution in [2.24, 2.45) is 5.73 Å². The van der Waals surface area contributed by atoms with E-state index in [1.54, 1.807) is 7.11 Å². The molecule has 0 saturated carbocycles. The molecule has 1 aliphatic heterocycles. The Bertz CT molecular complexity index is 583. The van der Waals surface area contributed by atoms with Gasteiger partial charge in [0.15, 0.2) is 0 Å². The van der Waals surface area contributed by atoms with Crippen molar-refractivity contribution in [1.82, 2.24) is 0 Å². The standard InChI is InChI=1S/C17H20N2O/c1-20-14-7-8-17-15(11-14)16(18)9-10-19(17)12-13-5-3-2-4-6-13/h2-8,11,16H,9-10,12,18H2,1H3. The minimum atomic E-state index is 0.104. The highest BCUT2D eigenvalue weighted by atomic mass is 16.5. The number of hydrogen-bond acceptors (Lipinski definition) is 3. The molecule has 2 N–H and O–H groups in total. The number of nitrogens with zero attached hydrogens (tertiary/aromatic N) is 1. The SMILES string of the molecule is COc1ccc2c(c1)C(N)CCN2Cc1ccccc1. The van der Waals surface area contributed by atoms with Crippen molar-refractivity contribution in [2.75, 3.05) is 18.6 Å². The lowest BCUT2D eigenvalue weighted by Gasteiger charge is -2.34. The van der Waals surface area contributed by atoms with E-state index in [0.717, 1.165) is 25.3 Å². The number of hydrogen-bond donors (Lipinski definition) is 1. The maximum atomic E-state index is 6.24. The van der Waals surface area contributed by atoms with Gasteiger partial charge in [-0.15, -0.1) is 0 Å². The lowest BCUT2D eigenvalue weighted by molar-refractivity contribution is 0.413. The summed E-state index contributed by atoms with van der Waals surface area (Å²) in [4.78, 5) is 2.40. The Labute approximate surface area is 120 Å². The van der Waals surface area contributed by atoms with Crippen LogP contribution in [0.25, 0.3) is 0 Å². The molecule has 3 heteroatoms. The summed E-state index contributed by atoms with van der Waals surface area (Å²) < 4.78 is 5.31. The van der Waals surface area contributed by atoms with Crippen LogP contribution in [-0.4, -0.2) is 13.7 Å². The minimum Gasteiger partial charge on any atom is -0.497 e. The highest BCUT2D eigenvalue weighted by molar-refractivity contribution is 5.59. The van der Waals surface area contributed by atoms with Crippen LogP contribution in [0, 0.1) is 0 Å². The van der Waals surface area contributed by atoms with Crippen molar-refractivity contribution in [1.29, 1.82) is 0 Å². The van der Waals surface area contributed by atoms with Crippen LogP contribution in [0.15, 0.2) is 48.5 Å². The van der Waals surface area contributed by atoms with Crippen LogP contribution in [0.5, 0.6) is 5.75 Å². The Kier molecular flexibility index (Phi) is 3.61. The van der Waals surface area contributed by atoms with Gasteiger partial charge in [0.25, 0.3) is 0 Å². The molecule has 0 bridgehead atoms. The van der Waals surface area contributed by atoms with Crippen LogP contribution in [0.1, 0.15) is 23.6 Å². The largest absolute Gasteiger partial charge is 0.497 e. The fraction of sp³-hybridized carbons (Fsp3) is 0.294. The third kappa shape index (κ3) is 2.49. The number of fused-ring (bicyclic) bond motifs is 1. The van der Waals surface area contributed by atoms with Crippen LogP contribution >= 0.6 is 0 Å². The average molecular weight is 268 g/mol. The van der Waals surface area contributed by atoms with Gasteiger partial charge in [0.2, 0.25) is 0 Å². The molecule has 1 heterocycles. The third-order valence-corrected chi connectivity index (χ3v) is 3.90. The molecule has 2 aromatic rings. The molecule has 104 valence electrons. The topological polar surface area (TPSA) is 38.5 Å². The normalized spacial score (nSPS) is 17.7. The van der Waals surface area contributed by atoms with Crippen molar-refractivity contribution >= 4 is 5.69 Å². The number of anilines is 1. The van der Waals surface area contributed by atoms with Gasteiger partial charge >= 0.3 is 0 Å². The molecule has 1 aliphatic rings. The summed E-state index contributed by atoms with van der Waals surface area (Å²) in [7, 11) is 1.69. The molecular formula is C17H20N2O. The third-order valence-electron chi connectivity index (χ3n) is 3.90. The first-order valence-corrected chi connectivity index (χ1v) is 7.00. The summed E-state index contributed by atoms with van der Waals surface area (Å²) >= 11 is 0. The molecule has 0 aromatic heterocycles. The summed E-state index contributed by atoms with van der Waals surface area (Å²) in [6, 6.07) is 16.8. The summed E-state index contributed by atoms with van der Waals surface area (Å²) in [5.41, 5.74) is 9.98. The summed E-state index contributed by atoms with van der Waals surface area (Å²) in [6.07, 6.45) is 0.979. The molecule has 0 spiro atoms. The second-order valence-electron chi connectivity index (χ2n) is 5.23. The van der Waals surface area contributed by atoms with Gasteiger partial charge in [-0.1, -0.05) is 30.3 Å². The van der Waals surface area contributed by atoms with Crippen LogP contribution in [0.2, 0.25) is 0 Å². The highest BCUT2D eigenvalue weighted by Crippen LogP contribution is 2.35. The van der Waals surface area contributed by atoms with Gasteiger partial charge in [-0.2, -0.15) is 0 Å². The van der Waals surface area contributed by atoms with Gasteiger partial charge in [-0.05, 0) is 35.7 Å². The second-order valence-corrected chi connectivity index (χ2v) is 5.23. The maximum absolute atomic E-state index is 6.24. The Morgan fingerprint density at radius 2 is 2.00 bits per heavy atom. The summed E-state index contributed by atoms with van der Waals surface area (Å²) in [6.45, 7) is 1.92. The van der Waals surface area contributed by atoms with E-state index in [1.807, 2.05) is 6.07 Å². The van der Waals surface area contributed by atoms with Crippen LogP contribution in [0.4, 0.5) is 5.69 Å². The molecule has 0 amide bonds. The quantitative estimate of drug-likeness (QED) is 0.929. The number of rotatable bonds is 3. The fourth-order valence-corrected chi connectivity index (χ4v) is 2.78. The van der Waals surface area contributed by atoms with Gasteiger partial charge in [-0.25, -0.2) is 0 Å². The van der Waals surface area contributed by atoms with E-state index in [0.29, 0.717) is 0 Å². The highest BCUT2D eigenvalue weighted by Gasteiger charge is 2.23. The lowest BCUT2D eigenvalue weighted by Crippen LogP contribution is -2.33. The van der Waals surface area contributed by atoms with Crippen molar-refractivity contribution in [3.8, 4) is 5.75 Å². The van der Waals surface area contributed by atoms with E-state index in [9.17, 15) is 0 Å². The van der Waals surface area contributed by atoms with Gasteiger partial charge in [-0.3, -0.25) is 0 Å². The molecule has 0 fully saturated rings. The first-order valence-electron chi connectivity index (χ1n) is 7.00. The van der Waals surface area contributed by atoms with Crippen LogP contribution < -0.4 is 15.4 Å². The fourth-order valence-electron chi connectivity index (χ4n) is 2.78. The van der Waals surface area contributed by atoms with Gasteiger partial charge in [0.1, 0.15) is 5.75 Å². The molecule has 3 nitrogen and oxygen atoms in total. The summed E-state index contributed by atoms with van der Waals surface area (Å²) in [5.74, 6) is 0.876. The smallest absolute Gasteiger partial charge is 0.119 e. The number of ether oxygens (including phenoxy) is 1. The molecular weight excluding hydrogens is 248 g/mol. The molecule has 1 unspecified atom stereocenters. The van der Waals surface area contributed by atoms with Crippen molar-refractivity contribution < 1.29 is 4.74 Å². The number of nitrogens with two attached hydrogens (primary N) is 1. The predicted octanol–water partition coefficient (Wildman–Crippen LogP) is 3.11.